The van der Waals surface area contributed by atoms with Crippen LogP contribution in [0.2, 0.25) is 5.02 Å². The van der Waals surface area contributed by atoms with Crippen molar-refractivity contribution < 1.29 is 8.78 Å². The molecule has 0 amide bonds. The lowest BCUT2D eigenvalue weighted by Crippen LogP contribution is -2.17. The highest BCUT2D eigenvalue weighted by Gasteiger charge is 2.15. The van der Waals surface area contributed by atoms with E-state index in [1.807, 2.05) is 0 Å². The predicted octanol–water partition coefficient (Wildman–Crippen LogP) is 3.45. The fourth-order valence-electron chi connectivity index (χ4n) is 1.37. The molecule has 4 heteroatoms. The highest BCUT2D eigenvalue weighted by molar-refractivity contribution is 6.30. The maximum atomic E-state index is 13.5. The van der Waals surface area contributed by atoms with Crippen LogP contribution in [-0.2, 0) is 0 Å². The van der Waals surface area contributed by atoms with E-state index in [0.717, 1.165) is 12.1 Å². The molecule has 0 bridgehead atoms. The maximum Gasteiger partial charge on any atom is 0.142 e. The predicted molar refractivity (Wildman–Crippen MR) is 58.0 cm³/mol. The Labute approximate surface area is 92.8 Å². The summed E-state index contributed by atoms with van der Waals surface area (Å²) in [4.78, 5) is 0. The molecule has 0 saturated heterocycles. The van der Waals surface area contributed by atoms with Gasteiger partial charge in [-0.05, 0) is 25.6 Å². The van der Waals surface area contributed by atoms with Crippen LogP contribution in [0.15, 0.2) is 24.8 Å². The molecule has 1 N–H and O–H groups in total. The third-order valence-corrected chi connectivity index (χ3v) is 2.46. The first-order chi connectivity index (χ1) is 7.10. The van der Waals surface area contributed by atoms with Crippen molar-refractivity contribution >= 4 is 11.6 Å². The number of hydrogen-bond acceptors (Lipinski definition) is 1. The first kappa shape index (κ1) is 12.1. The van der Waals surface area contributed by atoms with Gasteiger partial charge in [-0.1, -0.05) is 17.7 Å². The van der Waals surface area contributed by atoms with Crippen LogP contribution in [0.5, 0.6) is 0 Å². The molecule has 0 fully saturated rings. The number of hydrogen-bond donors (Lipinski definition) is 1. The summed E-state index contributed by atoms with van der Waals surface area (Å²) in [6.45, 7) is 3.56. The van der Waals surface area contributed by atoms with Crippen LogP contribution in [0.4, 0.5) is 8.78 Å². The first-order valence-electron chi connectivity index (χ1n) is 4.52. The highest BCUT2D eigenvalue weighted by Crippen LogP contribution is 2.25. The van der Waals surface area contributed by atoms with Crippen molar-refractivity contribution in [1.82, 2.24) is 5.32 Å². The SMILES string of the molecule is C=CCC(NC)c1cc(F)c(Cl)cc1F. The first-order valence-corrected chi connectivity index (χ1v) is 4.90. The van der Waals surface area contributed by atoms with E-state index in [0.29, 0.717) is 6.42 Å². The Balaban J connectivity index is 3.11. The van der Waals surface area contributed by atoms with Crippen molar-refractivity contribution in [3.05, 3.63) is 47.0 Å². The fraction of sp³-hybridized carbons (Fsp3) is 0.273. The highest BCUT2D eigenvalue weighted by atomic mass is 35.5. The number of benzene rings is 1. The molecule has 0 aliphatic heterocycles. The van der Waals surface area contributed by atoms with Crippen molar-refractivity contribution in [2.24, 2.45) is 0 Å². The van der Waals surface area contributed by atoms with Gasteiger partial charge in [-0.3, -0.25) is 0 Å². The van der Waals surface area contributed by atoms with Gasteiger partial charge in [0.2, 0.25) is 0 Å². The monoisotopic (exact) mass is 231 g/mol. The molecule has 1 rings (SSSR count). The molecule has 0 saturated carbocycles. The fourth-order valence-corrected chi connectivity index (χ4v) is 1.52. The van der Waals surface area contributed by atoms with Crippen LogP contribution < -0.4 is 5.32 Å². The molecule has 1 aromatic rings. The van der Waals surface area contributed by atoms with E-state index in [1.54, 1.807) is 13.1 Å². The maximum absolute atomic E-state index is 13.5. The molecule has 15 heavy (non-hydrogen) atoms. The van der Waals surface area contributed by atoms with Gasteiger partial charge in [-0.2, -0.15) is 0 Å². The molecule has 1 nitrogen and oxygen atoms in total. The molecule has 0 radical (unpaired) electrons. The smallest absolute Gasteiger partial charge is 0.142 e. The van der Waals surface area contributed by atoms with Crippen molar-refractivity contribution in [2.75, 3.05) is 7.05 Å². The Bertz CT molecular complexity index is 366. The zero-order chi connectivity index (χ0) is 11.4. The van der Waals surface area contributed by atoms with Crippen LogP contribution in [0.25, 0.3) is 0 Å². The van der Waals surface area contributed by atoms with Gasteiger partial charge in [-0.25, -0.2) is 8.78 Å². The zero-order valence-electron chi connectivity index (χ0n) is 8.36. The van der Waals surface area contributed by atoms with Crippen molar-refractivity contribution in [2.45, 2.75) is 12.5 Å². The molecule has 0 heterocycles. The van der Waals surface area contributed by atoms with Crippen LogP contribution in [0.1, 0.15) is 18.0 Å². The van der Waals surface area contributed by atoms with Crippen LogP contribution >= 0.6 is 11.6 Å². The molecule has 0 aliphatic rings. The Morgan fingerprint density at radius 3 is 2.67 bits per heavy atom. The summed E-state index contributed by atoms with van der Waals surface area (Å²) in [6.07, 6.45) is 2.17. The van der Waals surface area contributed by atoms with E-state index in [4.69, 9.17) is 11.6 Å². The van der Waals surface area contributed by atoms with E-state index in [1.165, 1.54) is 0 Å². The Hall–Kier alpha value is -0.930. The summed E-state index contributed by atoms with van der Waals surface area (Å²) in [5, 5.41) is 2.68. The Morgan fingerprint density at radius 2 is 2.13 bits per heavy atom. The van der Waals surface area contributed by atoms with Gasteiger partial charge >= 0.3 is 0 Å². The van der Waals surface area contributed by atoms with Crippen molar-refractivity contribution in [3.63, 3.8) is 0 Å². The minimum atomic E-state index is -0.614. The molecule has 0 aromatic heterocycles. The summed E-state index contributed by atoms with van der Waals surface area (Å²) < 4.78 is 26.6. The van der Waals surface area contributed by atoms with E-state index < -0.39 is 11.6 Å². The summed E-state index contributed by atoms with van der Waals surface area (Å²) in [6, 6.07) is 1.82. The Morgan fingerprint density at radius 1 is 1.47 bits per heavy atom. The summed E-state index contributed by atoms with van der Waals surface area (Å²) in [7, 11) is 1.68. The molecule has 1 unspecified atom stereocenters. The lowest BCUT2D eigenvalue weighted by atomic mass is 10.0. The second-order valence-electron chi connectivity index (χ2n) is 3.15. The van der Waals surface area contributed by atoms with Gasteiger partial charge in [0.1, 0.15) is 11.6 Å². The Kier molecular flexibility index (Phi) is 4.24. The molecule has 0 aliphatic carbocycles. The quantitative estimate of drug-likeness (QED) is 0.618. The van der Waals surface area contributed by atoms with Gasteiger partial charge < -0.3 is 5.32 Å². The van der Waals surface area contributed by atoms with Crippen molar-refractivity contribution in [3.8, 4) is 0 Å². The molecule has 82 valence electrons. The molecular weight excluding hydrogens is 220 g/mol. The number of nitrogens with one attached hydrogen (secondary N) is 1. The third kappa shape index (κ3) is 2.76. The third-order valence-electron chi connectivity index (χ3n) is 2.17. The topological polar surface area (TPSA) is 12.0 Å². The minimum absolute atomic E-state index is 0.204. The van der Waals surface area contributed by atoms with Crippen LogP contribution in [0, 0.1) is 11.6 Å². The van der Waals surface area contributed by atoms with E-state index in [2.05, 4.69) is 11.9 Å². The van der Waals surface area contributed by atoms with E-state index in [9.17, 15) is 8.78 Å². The largest absolute Gasteiger partial charge is 0.313 e. The average Bonchev–Trinajstić information content (AvgIpc) is 2.20. The zero-order valence-corrected chi connectivity index (χ0v) is 9.11. The lowest BCUT2D eigenvalue weighted by molar-refractivity contribution is 0.528. The lowest BCUT2D eigenvalue weighted by Gasteiger charge is -2.15. The van der Waals surface area contributed by atoms with Gasteiger partial charge in [0.15, 0.2) is 0 Å². The van der Waals surface area contributed by atoms with Gasteiger partial charge in [0.25, 0.3) is 0 Å². The summed E-state index contributed by atoms with van der Waals surface area (Å²) in [5.74, 6) is -1.13. The summed E-state index contributed by atoms with van der Waals surface area (Å²) >= 11 is 5.46. The normalized spacial score (nSPS) is 12.5. The standard InChI is InChI=1S/C11H12ClF2N/c1-3-4-11(15-2)7-5-10(14)8(12)6-9(7)13/h3,5-6,11,15H,1,4H2,2H3. The van der Waals surface area contributed by atoms with Gasteiger partial charge in [0.05, 0.1) is 5.02 Å². The molecule has 1 aromatic carbocycles. The number of rotatable bonds is 4. The van der Waals surface area contributed by atoms with E-state index >= 15 is 0 Å². The van der Waals surface area contributed by atoms with E-state index in [-0.39, 0.29) is 16.6 Å². The van der Waals surface area contributed by atoms with Crippen molar-refractivity contribution in [1.29, 1.82) is 0 Å². The van der Waals surface area contributed by atoms with Crippen LogP contribution in [0.3, 0.4) is 0 Å². The second-order valence-corrected chi connectivity index (χ2v) is 3.56. The van der Waals surface area contributed by atoms with Gasteiger partial charge in [-0.15, -0.1) is 6.58 Å². The minimum Gasteiger partial charge on any atom is -0.313 e. The second kappa shape index (κ2) is 5.24. The molecule has 1 atom stereocenters. The molecule has 0 spiro atoms. The average molecular weight is 232 g/mol. The molecular formula is C11H12ClF2N. The van der Waals surface area contributed by atoms with Crippen LogP contribution in [-0.4, -0.2) is 7.05 Å². The van der Waals surface area contributed by atoms with Gasteiger partial charge in [0, 0.05) is 11.6 Å². The summed E-state index contributed by atoms with van der Waals surface area (Å²) in [5.41, 5.74) is 0.263. The number of halogens is 3.